The molecule has 1 saturated heterocycles. The molecule has 2 heterocycles. The van der Waals surface area contributed by atoms with Gasteiger partial charge in [0, 0.05) is 21.9 Å². The molecule has 1 aliphatic heterocycles. The molecule has 2 aromatic carbocycles. The molecule has 3 aromatic rings. The number of thioether (sulfide) groups is 1. The Kier molecular flexibility index (Phi) is 4.94. The number of nitriles is 1. The van der Waals surface area contributed by atoms with Crippen LogP contribution in [0.2, 0.25) is 5.02 Å². The molecule has 0 N–H and O–H groups in total. The maximum absolute atomic E-state index is 9.79. The first-order valence-corrected chi connectivity index (χ1v) is 9.62. The summed E-state index contributed by atoms with van der Waals surface area (Å²) in [7, 11) is 0. The summed E-state index contributed by atoms with van der Waals surface area (Å²) < 4.78 is 5.30. The fraction of sp³-hybridized carbons (Fsp3) is 0.143. The number of rotatable bonds is 5. The van der Waals surface area contributed by atoms with E-state index < -0.39 is 0 Å². The predicted octanol–water partition coefficient (Wildman–Crippen LogP) is 5.43. The molecule has 1 fully saturated rings. The van der Waals surface area contributed by atoms with Crippen LogP contribution in [0.1, 0.15) is 5.56 Å². The first-order valence-electron chi connectivity index (χ1n) is 8.25. The van der Waals surface area contributed by atoms with Crippen molar-refractivity contribution in [3.63, 3.8) is 0 Å². The number of benzene rings is 2. The van der Waals surface area contributed by atoms with Crippen LogP contribution in [0.5, 0.6) is 0 Å². The molecule has 26 heavy (non-hydrogen) atoms. The molecule has 4 rings (SSSR count). The molecule has 5 heteroatoms. The number of hydrogen-bond acceptors (Lipinski definition) is 4. The lowest BCUT2D eigenvalue weighted by Crippen LogP contribution is -1.98. The van der Waals surface area contributed by atoms with Gasteiger partial charge in [-0.15, -0.1) is 11.8 Å². The Bertz CT molecular complexity index is 964. The fourth-order valence-corrected chi connectivity index (χ4v) is 3.81. The van der Waals surface area contributed by atoms with Crippen LogP contribution in [0.15, 0.2) is 65.7 Å². The summed E-state index contributed by atoms with van der Waals surface area (Å²) in [5.41, 5.74) is 4.32. The van der Waals surface area contributed by atoms with Gasteiger partial charge in [-0.25, -0.2) is 4.98 Å². The lowest BCUT2D eigenvalue weighted by atomic mass is 9.99. The Morgan fingerprint density at radius 1 is 1.12 bits per heavy atom. The molecule has 0 aliphatic carbocycles. The number of halogens is 1. The Morgan fingerprint density at radius 2 is 1.85 bits per heavy atom. The number of aromatic nitrogens is 1. The van der Waals surface area contributed by atoms with Crippen molar-refractivity contribution in [2.45, 2.75) is 11.1 Å². The van der Waals surface area contributed by atoms with E-state index in [1.165, 1.54) is 0 Å². The number of epoxide rings is 1. The second kappa shape index (κ2) is 7.51. The van der Waals surface area contributed by atoms with Crippen LogP contribution in [0, 0.1) is 11.3 Å². The van der Waals surface area contributed by atoms with Crippen LogP contribution < -0.4 is 0 Å². The van der Waals surface area contributed by atoms with E-state index in [0.29, 0.717) is 10.6 Å². The van der Waals surface area contributed by atoms with E-state index in [-0.39, 0.29) is 6.10 Å². The van der Waals surface area contributed by atoms with Crippen molar-refractivity contribution in [2.24, 2.45) is 0 Å². The molecular formula is C21H15ClN2OS. The standard InChI is InChI=1S/C21H15ClN2OS/c22-16-8-6-15(7-9-16)20-10-18(14-4-2-1-3-5-14)19(11-23)21(24-20)26-13-17-12-25-17/h1-10,17H,12-13H2/t17-/m0/s1. The third-order valence-corrected chi connectivity index (χ3v) is 5.49. The van der Waals surface area contributed by atoms with Gasteiger partial charge in [-0.2, -0.15) is 5.26 Å². The van der Waals surface area contributed by atoms with Gasteiger partial charge in [-0.1, -0.05) is 54.1 Å². The first-order chi connectivity index (χ1) is 12.7. The molecule has 1 aromatic heterocycles. The van der Waals surface area contributed by atoms with Gasteiger partial charge in [0.05, 0.1) is 24.0 Å². The van der Waals surface area contributed by atoms with E-state index in [4.69, 9.17) is 21.3 Å². The van der Waals surface area contributed by atoms with E-state index in [1.54, 1.807) is 11.8 Å². The van der Waals surface area contributed by atoms with Crippen LogP contribution >= 0.6 is 23.4 Å². The summed E-state index contributed by atoms with van der Waals surface area (Å²) in [4.78, 5) is 4.77. The maximum atomic E-state index is 9.79. The van der Waals surface area contributed by atoms with Crippen LogP contribution in [0.3, 0.4) is 0 Å². The van der Waals surface area contributed by atoms with Crippen molar-refractivity contribution < 1.29 is 4.74 Å². The lowest BCUT2D eigenvalue weighted by molar-refractivity contribution is 0.426. The third-order valence-electron chi connectivity index (χ3n) is 4.13. The van der Waals surface area contributed by atoms with Crippen molar-refractivity contribution in [1.29, 1.82) is 5.26 Å². The summed E-state index contributed by atoms with van der Waals surface area (Å²) in [6.45, 7) is 0.789. The number of pyridine rings is 1. The van der Waals surface area contributed by atoms with Gasteiger partial charge in [0.25, 0.3) is 0 Å². The Hall–Kier alpha value is -2.32. The van der Waals surface area contributed by atoms with Gasteiger partial charge in [-0.3, -0.25) is 0 Å². The van der Waals surface area contributed by atoms with E-state index in [2.05, 4.69) is 6.07 Å². The van der Waals surface area contributed by atoms with E-state index in [9.17, 15) is 5.26 Å². The quantitative estimate of drug-likeness (QED) is 0.438. The Morgan fingerprint density at radius 3 is 2.50 bits per heavy atom. The largest absolute Gasteiger partial charge is 0.372 e. The Labute approximate surface area is 161 Å². The monoisotopic (exact) mass is 378 g/mol. The number of hydrogen-bond donors (Lipinski definition) is 0. The van der Waals surface area contributed by atoms with Crippen molar-refractivity contribution in [1.82, 2.24) is 4.98 Å². The van der Waals surface area contributed by atoms with Gasteiger partial charge in [0.15, 0.2) is 0 Å². The zero-order valence-electron chi connectivity index (χ0n) is 13.9. The van der Waals surface area contributed by atoms with Crippen molar-refractivity contribution in [3.05, 3.63) is 71.2 Å². The molecule has 3 nitrogen and oxygen atoms in total. The first kappa shape index (κ1) is 17.1. The molecule has 1 aliphatic rings. The SMILES string of the molecule is N#Cc1c(-c2ccccc2)cc(-c2ccc(Cl)cc2)nc1SC[C@@H]1CO1. The average Bonchev–Trinajstić information content (AvgIpc) is 3.51. The van der Waals surface area contributed by atoms with E-state index >= 15 is 0 Å². The summed E-state index contributed by atoms with van der Waals surface area (Å²) >= 11 is 7.59. The van der Waals surface area contributed by atoms with E-state index in [1.807, 2.05) is 60.7 Å². The van der Waals surface area contributed by atoms with Crippen molar-refractivity contribution in [2.75, 3.05) is 12.4 Å². The van der Waals surface area contributed by atoms with Gasteiger partial charge in [-0.05, 0) is 23.8 Å². The van der Waals surface area contributed by atoms with Crippen molar-refractivity contribution in [3.8, 4) is 28.5 Å². The van der Waals surface area contributed by atoms with E-state index in [0.717, 1.165) is 39.8 Å². The normalized spacial score (nSPS) is 15.5. The zero-order chi connectivity index (χ0) is 17.9. The summed E-state index contributed by atoms with van der Waals surface area (Å²) in [5.74, 6) is 0.806. The van der Waals surface area contributed by atoms with Gasteiger partial charge >= 0.3 is 0 Å². The topological polar surface area (TPSA) is 49.2 Å². The van der Waals surface area contributed by atoms with Crippen LogP contribution in [-0.2, 0) is 4.74 Å². The van der Waals surface area contributed by atoms with Gasteiger partial charge < -0.3 is 4.74 Å². The molecular weight excluding hydrogens is 364 g/mol. The van der Waals surface area contributed by atoms with Gasteiger partial charge in [0.1, 0.15) is 11.1 Å². The highest BCUT2D eigenvalue weighted by Gasteiger charge is 2.24. The smallest absolute Gasteiger partial charge is 0.115 e. The third kappa shape index (κ3) is 3.76. The Balaban J connectivity index is 1.84. The molecule has 1 atom stereocenters. The fourth-order valence-electron chi connectivity index (χ4n) is 2.68. The molecule has 0 bridgehead atoms. The highest BCUT2D eigenvalue weighted by atomic mass is 35.5. The molecule has 0 saturated carbocycles. The average molecular weight is 379 g/mol. The minimum absolute atomic E-state index is 0.271. The molecule has 128 valence electrons. The van der Waals surface area contributed by atoms with Crippen LogP contribution in [0.25, 0.3) is 22.4 Å². The zero-order valence-corrected chi connectivity index (χ0v) is 15.4. The second-order valence-corrected chi connectivity index (χ2v) is 7.43. The predicted molar refractivity (Wildman–Crippen MR) is 105 cm³/mol. The summed E-state index contributed by atoms with van der Waals surface area (Å²) in [6.07, 6.45) is 0.271. The van der Waals surface area contributed by atoms with Gasteiger partial charge in [0.2, 0.25) is 0 Å². The summed E-state index contributed by atoms with van der Waals surface area (Å²) in [6, 6.07) is 21.9. The highest BCUT2D eigenvalue weighted by Crippen LogP contribution is 2.35. The molecule has 0 radical (unpaired) electrons. The highest BCUT2D eigenvalue weighted by molar-refractivity contribution is 7.99. The lowest BCUT2D eigenvalue weighted by Gasteiger charge is -2.12. The second-order valence-electron chi connectivity index (χ2n) is 5.99. The minimum Gasteiger partial charge on any atom is -0.372 e. The minimum atomic E-state index is 0.271. The molecule has 0 unspecified atom stereocenters. The maximum Gasteiger partial charge on any atom is 0.115 e. The molecule has 0 spiro atoms. The van der Waals surface area contributed by atoms with Crippen LogP contribution in [0.4, 0.5) is 0 Å². The number of nitrogens with zero attached hydrogens (tertiary/aromatic N) is 2. The molecule has 0 amide bonds. The number of ether oxygens (including phenoxy) is 1. The van der Waals surface area contributed by atoms with Crippen LogP contribution in [-0.4, -0.2) is 23.4 Å². The van der Waals surface area contributed by atoms with Crippen molar-refractivity contribution >= 4 is 23.4 Å². The summed E-state index contributed by atoms with van der Waals surface area (Å²) in [5, 5.41) is 11.2.